The van der Waals surface area contributed by atoms with Gasteiger partial charge in [-0.05, 0) is 18.6 Å². The van der Waals surface area contributed by atoms with E-state index in [1.54, 1.807) is 31.3 Å². The molecule has 5 heteroatoms. The van der Waals surface area contributed by atoms with Crippen molar-refractivity contribution in [3.63, 3.8) is 0 Å². The van der Waals surface area contributed by atoms with Gasteiger partial charge >= 0.3 is 0 Å². The molecular formula is C17H21NO4. The van der Waals surface area contributed by atoms with Crippen LogP contribution in [0.4, 0.5) is 0 Å². The average Bonchev–Trinajstić information content (AvgIpc) is 2.51. The van der Waals surface area contributed by atoms with Gasteiger partial charge in [0, 0.05) is 18.5 Å². The van der Waals surface area contributed by atoms with Crippen LogP contribution in [0.3, 0.4) is 0 Å². The summed E-state index contributed by atoms with van der Waals surface area (Å²) in [6.45, 7) is 6.40. The molecular weight excluding hydrogens is 282 g/mol. The number of ether oxygens (including phenoxy) is 2. The number of pyridine rings is 1. The quantitative estimate of drug-likeness (QED) is 0.631. The second kappa shape index (κ2) is 7.02. The number of aromatic nitrogens is 1. The summed E-state index contributed by atoms with van der Waals surface area (Å²) >= 11 is 0. The molecule has 118 valence electrons. The highest BCUT2D eigenvalue weighted by Crippen LogP contribution is 2.34. The fraction of sp³-hybridized carbons (Fsp3) is 0.353. The largest absolute Gasteiger partial charge is 0.508 e. The van der Waals surface area contributed by atoms with Crippen molar-refractivity contribution in [2.24, 2.45) is 7.05 Å². The second-order valence-corrected chi connectivity index (χ2v) is 5.03. The van der Waals surface area contributed by atoms with Gasteiger partial charge in [-0.1, -0.05) is 26.0 Å². The van der Waals surface area contributed by atoms with E-state index in [9.17, 15) is 9.90 Å². The van der Waals surface area contributed by atoms with Crippen LogP contribution in [0.5, 0.6) is 17.2 Å². The van der Waals surface area contributed by atoms with Crippen molar-refractivity contribution in [3.8, 4) is 17.2 Å². The predicted molar refractivity (Wildman–Crippen MR) is 86.9 cm³/mol. The van der Waals surface area contributed by atoms with E-state index in [2.05, 4.69) is 13.5 Å². The lowest BCUT2D eigenvalue weighted by atomic mass is 10.1. The molecule has 0 fully saturated rings. The summed E-state index contributed by atoms with van der Waals surface area (Å²) in [6, 6.07) is 4.84. The standard InChI is InChI=1S/C17H21NO4/c1-4-6-10-22-15-13-8-7-12(19)11-14(13)18(3)17(20)16(15)21-9-5-2/h5,7-8,11,19H,2,4,6,9-10H2,1,3H3. The molecule has 2 rings (SSSR count). The number of aryl methyl sites for hydroxylation is 1. The average molecular weight is 303 g/mol. The van der Waals surface area contributed by atoms with Gasteiger partial charge in [0.05, 0.1) is 12.1 Å². The van der Waals surface area contributed by atoms with Crippen LogP contribution in [-0.4, -0.2) is 22.9 Å². The van der Waals surface area contributed by atoms with Crippen LogP contribution >= 0.6 is 0 Å². The molecule has 0 aliphatic heterocycles. The van der Waals surface area contributed by atoms with Crippen molar-refractivity contribution in [2.45, 2.75) is 19.8 Å². The fourth-order valence-electron chi connectivity index (χ4n) is 2.20. The molecule has 1 aromatic carbocycles. The van der Waals surface area contributed by atoms with Crippen LogP contribution in [0.25, 0.3) is 10.9 Å². The Hall–Kier alpha value is -2.43. The van der Waals surface area contributed by atoms with E-state index >= 15 is 0 Å². The number of benzene rings is 1. The lowest BCUT2D eigenvalue weighted by Crippen LogP contribution is -2.21. The van der Waals surface area contributed by atoms with Crippen LogP contribution < -0.4 is 15.0 Å². The monoisotopic (exact) mass is 303 g/mol. The molecule has 0 unspecified atom stereocenters. The Morgan fingerprint density at radius 3 is 2.77 bits per heavy atom. The van der Waals surface area contributed by atoms with Gasteiger partial charge in [0.15, 0.2) is 5.75 Å². The van der Waals surface area contributed by atoms with E-state index in [0.717, 1.165) is 18.2 Å². The molecule has 22 heavy (non-hydrogen) atoms. The van der Waals surface area contributed by atoms with Crippen LogP contribution in [-0.2, 0) is 7.05 Å². The van der Waals surface area contributed by atoms with E-state index in [0.29, 0.717) is 17.9 Å². The molecule has 0 atom stereocenters. The van der Waals surface area contributed by atoms with Gasteiger partial charge in [0.25, 0.3) is 5.56 Å². The number of aromatic hydroxyl groups is 1. The first-order chi connectivity index (χ1) is 10.6. The maximum absolute atomic E-state index is 12.5. The van der Waals surface area contributed by atoms with Gasteiger partial charge in [-0.3, -0.25) is 4.79 Å². The number of unbranched alkanes of at least 4 members (excludes halogenated alkanes) is 1. The topological polar surface area (TPSA) is 60.7 Å². The number of hydrogen-bond donors (Lipinski definition) is 1. The molecule has 2 aromatic rings. The van der Waals surface area contributed by atoms with E-state index in [4.69, 9.17) is 9.47 Å². The minimum atomic E-state index is -0.300. The van der Waals surface area contributed by atoms with Crippen molar-refractivity contribution >= 4 is 10.9 Å². The Balaban J connectivity index is 2.64. The number of phenols is 1. The molecule has 0 aliphatic carbocycles. The van der Waals surface area contributed by atoms with Crippen LogP contribution in [0.2, 0.25) is 0 Å². The molecule has 0 aliphatic rings. The summed E-state index contributed by atoms with van der Waals surface area (Å²) in [5, 5.41) is 10.4. The highest BCUT2D eigenvalue weighted by atomic mass is 16.5. The zero-order valence-corrected chi connectivity index (χ0v) is 13.0. The van der Waals surface area contributed by atoms with Crippen LogP contribution in [0.15, 0.2) is 35.6 Å². The number of rotatable bonds is 7. The van der Waals surface area contributed by atoms with E-state index in [1.807, 2.05) is 0 Å². The number of nitrogens with zero attached hydrogens (tertiary/aromatic N) is 1. The van der Waals surface area contributed by atoms with Crippen molar-refractivity contribution in [2.75, 3.05) is 13.2 Å². The Morgan fingerprint density at radius 1 is 1.32 bits per heavy atom. The van der Waals surface area contributed by atoms with E-state index in [1.165, 1.54) is 4.57 Å². The molecule has 0 radical (unpaired) electrons. The summed E-state index contributed by atoms with van der Waals surface area (Å²) in [6.07, 6.45) is 3.46. The Bertz CT molecular complexity index is 733. The molecule has 0 saturated heterocycles. The lowest BCUT2D eigenvalue weighted by molar-refractivity contribution is 0.279. The summed E-state index contributed by atoms with van der Waals surface area (Å²) in [5.74, 6) is 0.701. The predicted octanol–water partition coefficient (Wildman–Crippen LogP) is 2.99. The molecule has 1 N–H and O–H groups in total. The summed E-state index contributed by atoms with van der Waals surface area (Å²) in [5.41, 5.74) is 0.300. The normalized spacial score (nSPS) is 10.6. The smallest absolute Gasteiger partial charge is 0.297 e. The SMILES string of the molecule is C=CCOc1c(OCCCC)c2ccc(O)cc2n(C)c1=O. The molecule has 5 nitrogen and oxygen atoms in total. The molecule has 1 aromatic heterocycles. The van der Waals surface area contributed by atoms with Crippen molar-refractivity contribution in [1.29, 1.82) is 0 Å². The summed E-state index contributed by atoms with van der Waals surface area (Å²) < 4.78 is 12.8. The zero-order valence-electron chi connectivity index (χ0n) is 13.0. The van der Waals surface area contributed by atoms with Crippen LogP contribution in [0.1, 0.15) is 19.8 Å². The third-order valence-electron chi connectivity index (χ3n) is 3.38. The van der Waals surface area contributed by atoms with Gasteiger partial charge in [0.1, 0.15) is 12.4 Å². The minimum Gasteiger partial charge on any atom is -0.508 e. The first-order valence-electron chi connectivity index (χ1n) is 7.32. The van der Waals surface area contributed by atoms with Crippen LogP contribution in [0, 0.1) is 0 Å². The van der Waals surface area contributed by atoms with Gasteiger partial charge in [0.2, 0.25) is 5.75 Å². The molecule has 0 spiro atoms. The highest BCUT2D eigenvalue weighted by Gasteiger charge is 2.18. The molecule has 0 saturated carbocycles. The molecule has 0 amide bonds. The Morgan fingerprint density at radius 2 is 2.09 bits per heavy atom. The third-order valence-corrected chi connectivity index (χ3v) is 3.38. The number of hydrogen-bond acceptors (Lipinski definition) is 4. The highest BCUT2D eigenvalue weighted by molar-refractivity contribution is 5.88. The van der Waals surface area contributed by atoms with E-state index < -0.39 is 0 Å². The van der Waals surface area contributed by atoms with E-state index in [-0.39, 0.29) is 23.7 Å². The minimum absolute atomic E-state index is 0.0989. The maximum Gasteiger partial charge on any atom is 0.297 e. The molecule has 1 heterocycles. The number of phenolic OH excluding ortho intramolecular Hbond substituents is 1. The van der Waals surface area contributed by atoms with Crippen molar-refractivity contribution < 1.29 is 14.6 Å². The third kappa shape index (κ3) is 3.08. The maximum atomic E-state index is 12.5. The Kier molecular flexibility index (Phi) is 5.09. The fourth-order valence-corrected chi connectivity index (χ4v) is 2.20. The number of fused-ring (bicyclic) bond motifs is 1. The van der Waals surface area contributed by atoms with Crippen molar-refractivity contribution in [1.82, 2.24) is 4.57 Å². The van der Waals surface area contributed by atoms with Gasteiger partial charge < -0.3 is 19.1 Å². The summed E-state index contributed by atoms with van der Waals surface area (Å²) in [7, 11) is 1.64. The summed E-state index contributed by atoms with van der Waals surface area (Å²) in [4.78, 5) is 12.5. The molecule has 0 bridgehead atoms. The van der Waals surface area contributed by atoms with Gasteiger partial charge in [-0.25, -0.2) is 0 Å². The first kappa shape index (κ1) is 15.9. The Labute approximate surface area is 129 Å². The zero-order chi connectivity index (χ0) is 16.1. The second-order valence-electron chi connectivity index (χ2n) is 5.03. The van der Waals surface area contributed by atoms with Crippen molar-refractivity contribution in [3.05, 3.63) is 41.2 Å². The lowest BCUT2D eigenvalue weighted by Gasteiger charge is -2.16. The van der Waals surface area contributed by atoms with Gasteiger partial charge in [-0.2, -0.15) is 0 Å². The first-order valence-corrected chi connectivity index (χ1v) is 7.32. The van der Waals surface area contributed by atoms with Gasteiger partial charge in [-0.15, -0.1) is 0 Å².